The Kier molecular flexibility index (Phi) is 11.0. The first-order valence-electron chi connectivity index (χ1n) is 7.78. The third kappa shape index (κ3) is 5.01. The van der Waals surface area contributed by atoms with Gasteiger partial charge in [-0.3, -0.25) is 0 Å². The number of rotatable bonds is 1. The summed E-state index contributed by atoms with van der Waals surface area (Å²) in [5, 5.41) is 5.54. The maximum atomic E-state index is 2.34. The molecule has 0 saturated heterocycles. The standard InChI is InChI=1S/C19H15.C2H6Si.2ClH.Zr/c1-13-10-11-16(14-6-2-3-7-14)18-12-15-8-4-5-9-17(15)19(13)18;1-3-2;;;/h2-6,8-12H,7H2,1H3;1-2H3;2*1H;/q-1;;;;+3/p-2. The van der Waals surface area contributed by atoms with Crippen LogP contribution in [0, 0.1) is 6.92 Å². The average Bonchev–Trinajstić information content (AvgIpc) is 3.16. The fourth-order valence-corrected chi connectivity index (χ4v) is 3.17. The molecule has 4 rings (SSSR count). The van der Waals surface area contributed by atoms with Gasteiger partial charge in [-0.15, -0.1) is 33.7 Å². The van der Waals surface area contributed by atoms with E-state index in [1.54, 1.807) is 0 Å². The fraction of sp³-hybridized carbons (Fsp3) is 0.190. The molecular weight excluding hydrogens is 442 g/mol. The van der Waals surface area contributed by atoms with Crippen LogP contribution in [0.15, 0.2) is 60.7 Å². The Hall–Kier alpha value is -0.530. The first kappa shape index (κ1) is 24.5. The zero-order chi connectivity index (χ0) is 15.5. The van der Waals surface area contributed by atoms with Crippen molar-refractivity contribution in [3.63, 3.8) is 0 Å². The van der Waals surface area contributed by atoms with Gasteiger partial charge in [0.2, 0.25) is 0 Å². The molecule has 127 valence electrons. The van der Waals surface area contributed by atoms with Crippen molar-refractivity contribution in [2.45, 2.75) is 26.4 Å². The van der Waals surface area contributed by atoms with Crippen LogP contribution in [0.2, 0.25) is 13.1 Å². The number of allylic oxidation sites excluding steroid dienone is 4. The molecule has 0 aliphatic heterocycles. The van der Waals surface area contributed by atoms with Crippen molar-refractivity contribution >= 4 is 36.6 Å². The SMILES string of the molecule is C[Si]C.Cc1ccc(C2=CC=CC2)c2[cH-]c3ccccc3c12.[Cl-].[Cl-].[Zr+3]. The van der Waals surface area contributed by atoms with Gasteiger partial charge in [0.1, 0.15) is 0 Å². The molecule has 0 spiro atoms. The van der Waals surface area contributed by atoms with E-state index in [1.165, 1.54) is 38.2 Å². The van der Waals surface area contributed by atoms with Gasteiger partial charge in [-0.25, -0.2) is 0 Å². The van der Waals surface area contributed by atoms with Crippen molar-refractivity contribution in [2.24, 2.45) is 0 Å². The van der Waals surface area contributed by atoms with Gasteiger partial charge in [0, 0.05) is 9.52 Å². The minimum absolute atomic E-state index is 0. The van der Waals surface area contributed by atoms with Crippen molar-refractivity contribution < 1.29 is 51.0 Å². The number of hydrogen-bond donors (Lipinski definition) is 0. The third-order valence-corrected chi connectivity index (χ3v) is 4.10. The van der Waals surface area contributed by atoms with Crippen molar-refractivity contribution in [3.8, 4) is 0 Å². The van der Waals surface area contributed by atoms with Gasteiger partial charge in [-0.05, 0) is 13.3 Å². The second-order valence-corrected chi connectivity index (χ2v) is 6.77. The van der Waals surface area contributed by atoms with Gasteiger partial charge in [0.05, 0.1) is 0 Å². The molecule has 0 N–H and O–H groups in total. The van der Waals surface area contributed by atoms with Crippen LogP contribution in [-0.4, -0.2) is 9.52 Å². The van der Waals surface area contributed by atoms with E-state index >= 15 is 0 Å². The molecule has 1 aliphatic rings. The normalized spacial score (nSPS) is 11.7. The van der Waals surface area contributed by atoms with Crippen LogP contribution in [0.1, 0.15) is 17.5 Å². The molecule has 0 bridgehead atoms. The predicted molar refractivity (Wildman–Crippen MR) is 101 cm³/mol. The Balaban J connectivity index is 0.000000902. The van der Waals surface area contributed by atoms with E-state index in [0.717, 1.165) is 15.9 Å². The maximum Gasteiger partial charge on any atom is 3.00 e. The Morgan fingerprint density at radius 1 is 1.00 bits per heavy atom. The summed E-state index contributed by atoms with van der Waals surface area (Å²) in [5.74, 6) is 0. The minimum atomic E-state index is 0. The van der Waals surface area contributed by atoms with E-state index < -0.39 is 0 Å². The van der Waals surface area contributed by atoms with Crippen LogP contribution in [0.4, 0.5) is 0 Å². The smallest absolute Gasteiger partial charge is 1.00 e. The summed E-state index contributed by atoms with van der Waals surface area (Å²) >= 11 is 0. The van der Waals surface area contributed by atoms with Crippen LogP contribution < -0.4 is 24.8 Å². The van der Waals surface area contributed by atoms with Crippen LogP contribution in [0.25, 0.3) is 27.1 Å². The molecule has 0 aromatic heterocycles. The summed E-state index contributed by atoms with van der Waals surface area (Å²) in [6, 6.07) is 15.6. The van der Waals surface area contributed by atoms with Crippen LogP contribution in [0.3, 0.4) is 0 Å². The first-order valence-corrected chi connectivity index (χ1v) is 9.78. The van der Waals surface area contributed by atoms with Crippen molar-refractivity contribution in [3.05, 3.63) is 71.8 Å². The van der Waals surface area contributed by atoms with E-state index in [-0.39, 0.29) is 51.0 Å². The molecule has 3 aromatic rings. The molecule has 0 saturated carbocycles. The van der Waals surface area contributed by atoms with Crippen molar-refractivity contribution in [2.75, 3.05) is 0 Å². The quantitative estimate of drug-likeness (QED) is 0.356. The number of benzene rings is 2. The van der Waals surface area contributed by atoms with Gasteiger partial charge >= 0.3 is 26.2 Å². The minimum Gasteiger partial charge on any atom is -1.00 e. The summed E-state index contributed by atoms with van der Waals surface area (Å²) in [7, 11) is 1.08. The predicted octanol–water partition coefficient (Wildman–Crippen LogP) is 0.156. The van der Waals surface area contributed by atoms with Gasteiger partial charge in [-0.1, -0.05) is 78.4 Å². The van der Waals surface area contributed by atoms with E-state index in [2.05, 4.69) is 80.7 Å². The molecule has 0 heterocycles. The van der Waals surface area contributed by atoms with E-state index in [9.17, 15) is 0 Å². The second kappa shape index (κ2) is 11.2. The maximum absolute atomic E-state index is 2.34. The summed E-state index contributed by atoms with van der Waals surface area (Å²) in [6.07, 6.45) is 7.68. The van der Waals surface area contributed by atoms with E-state index in [4.69, 9.17) is 0 Å². The zero-order valence-electron chi connectivity index (χ0n) is 14.7. The van der Waals surface area contributed by atoms with Gasteiger partial charge in [-0.2, -0.15) is 0 Å². The van der Waals surface area contributed by atoms with Crippen LogP contribution >= 0.6 is 0 Å². The molecule has 0 amide bonds. The Labute approximate surface area is 184 Å². The van der Waals surface area contributed by atoms with Crippen molar-refractivity contribution in [1.82, 2.24) is 0 Å². The summed E-state index contributed by atoms with van der Waals surface area (Å²) in [6.45, 7) is 6.51. The molecule has 25 heavy (non-hydrogen) atoms. The summed E-state index contributed by atoms with van der Waals surface area (Å²) < 4.78 is 0. The number of aryl methyl sites for hydroxylation is 1. The Bertz CT molecular complexity index is 878. The number of fused-ring (bicyclic) bond motifs is 3. The zero-order valence-corrected chi connectivity index (χ0v) is 19.7. The largest absolute Gasteiger partial charge is 3.00 e. The average molecular weight is 464 g/mol. The van der Waals surface area contributed by atoms with Crippen LogP contribution in [-0.2, 0) is 26.2 Å². The molecule has 1 aliphatic carbocycles. The van der Waals surface area contributed by atoms with E-state index in [0.29, 0.717) is 0 Å². The summed E-state index contributed by atoms with van der Waals surface area (Å²) in [5.41, 5.74) is 4.19. The second-order valence-electron chi connectivity index (χ2n) is 5.77. The number of hydrogen-bond acceptors (Lipinski definition) is 0. The van der Waals surface area contributed by atoms with Gasteiger partial charge in [0.25, 0.3) is 0 Å². The van der Waals surface area contributed by atoms with Crippen molar-refractivity contribution in [1.29, 1.82) is 0 Å². The van der Waals surface area contributed by atoms with Crippen LogP contribution in [0.5, 0.6) is 0 Å². The Morgan fingerprint density at radius 3 is 2.32 bits per heavy atom. The molecule has 3 aromatic carbocycles. The summed E-state index contributed by atoms with van der Waals surface area (Å²) in [4.78, 5) is 0. The van der Waals surface area contributed by atoms with E-state index in [1.807, 2.05) is 0 Å². The van der Waals surface area contributed by atoms with Gasteiger partial charge < -0.3 is 24.8 Å². The molecule has 3 radical (unpaired) electrons. The molecular formula is C21H21Cl2SiZr. The molecule has 0 atom stereocenters. The third-order valence-electron chi connectivity index (χ3n) is 4.10. The molecule has 0 nitrogen and oxygen atoms in total. The monoisotopic (exact) mass is 461 g/mol. The molecule has 4 heteroatoms. The molecule has 0 fully saturated rings. The first-order chi connectivity index (χ1) is 10.8. The topological polar surface area (TPSA) is 0 Å². The Morgan fingerprint density at radius 2 is 1.68 bits per heavy atom. The number of halogens is 2. The van der Waals surface area contributed by atoms with Gasteiger partial charge in [0.15, 0.2) is 0 Å². The fourth-order valence-electron chi connectivity index (χ4n) is 3.17. The molecule has 0 unspecified atom stereocenters.